The van der Waals surface area contributed by atoms with E-state index < -0.39 is 0 Å². The molecule has 0 radical (unpaired) electrons. The third-order valence-corrected chi connectivity index (χ3v) is 2.28. The van der Waals surface area contributed by atoms with Crippen molar-refractivity contribution in [3.05, 3.63) is 48.5 Å². The number of benzene rings is 2. The highest BCUT2D eigenvalue weighted by Gasteiger charge is 2.03. The van der Waals surface area contributed by atoms with Crippen molar-refractivity contribution in [2.75, 3.05) is 6.61 Å². The fraction of sp³-hybridized carbons (Fsp3) is 0.143. The van der Waals surface area contributed by atoms with Crippen molar-refractivity contribution in [2.45, 2.75) is 6.92 Å². The Labute approximate surface area is 94.1 Å². The minimum Gasteiger partial charge on any atom is -0.456 e. The van der Waals surface area contributed by atoms with Gasteiger partial charge in [-0.3, -0.25) is 0 Å². The van der Waals surface area contributed by atoms with E-state index in [0.29, 0.717) is 0 Å². The van der Waals surface area contributed by atoms with E-state index in [1.54, 1.807) is 6.92 Å². The van der Waals surface area contributed by atoms with Gasteiger partial charge in [-0.1, -0.05) is 36.4 Å². The van der Waals surface area contributed by atoms with Crippen LogP contribution < -0.4 is 0 Å². The zero-order valence-corrected chi connectivity index (χ0v) is 9.18. The summed E-state index contributed by atoms with van der Waals surface area (Å²) in [5.41, 5.74) is 1.92. The molecule has 0 fully saturated rings. The quantitative estimate of drug-likeness (QED) is 0.620. The van der Waals surface area contributed by atoms with Gasteiger partial charge in [0, 0.05) is 17.4 Å². The summed E-state index contributed by atoms with van der Waals surface area (Å²) in [5.74, 6) is 0. The van der Waals surface area contributed by atoms with Crippen molar-refractivity contribution in [1.82, 2.24) is 0 Å². The molecule has 1 N–H and O–H groups in total. The molecule has 0 aliphatic rings. The smallest absolute Gasteiger partial charge is 0.135 e. The number of hydrogen-bond acceptors (Lipinski definition) is 2. The molecule has 1 aromatic heterocycles. The molecular formula is C14H14O2. The summed E-state index contributed by atoms with van der Waals surface area (Å²) in [6.07, 6.45) is 0. The summed E-state index contributed by atoms with van der Waals surface area (Å²) in [4.78, 5) is 0. The van der Waals surface area contributed by atoms with Gasteiger partial charge in [-0.05, 0) is 19.1 Å². The molecule has 0 saturated heterocycles. The lowest BCUT2D eigenvalue weighted by Gasteiger charge is -1.85. The van der Waals surface area contributed by atoms with Gasteiger partial charge in [0.15, 0.2) is 0 Å². The van der Waals surface area contributed by atoms with E-state index in [1.807, 2.05) is 36.4 Å². The first-order valence-electron chi connectivity index (χ1n) is 5.34. The van der Waals surface area contributed by atoms with Gasteiger partial charge in [-0.15, -0.1) is 0 Å². The van der Waals surface area contributed by atoms with E-state index in [0.717, 1.165) is 11.2 Å². The fourth-order valence-electron chi connectivity index (χ4n) is 1.67. The number of furan rings is 1. The first kappa shape index (κ1) is 10.7. The van der Waals surface area contributed by atoms with Crippen molar-refractivity contribution < 1.29 is 9.52 Å². The van der Waals surface area contributed by atoms with Gasteiger partial charge in [0.25, 0.3) is 0 Å². The van der Waals surface area contributed by atoms with Crippen LogP contribution in [-0.4, -0.2) is 11.7 Å². The molecule has 0 amide bonds. The highest BCUT2D eigenvalue weighted by atomic mass is 16.3. The lowest BCUT2D eigenvalue weighted by atomic mass is 10.2. The molecule has 3 rings (SSSR count). The number of para-hydroxylation sites is 2. The van der Waals surface area contributed by atoms with Gasteiger partial charge in [-0.25, -0.2) is 0 Å². The SMILES string of the molecule is CCO.c1ccc2c(c1)oc1ccccc12. The average Bonchev–Trinajstić information content (AvgIpc) is 2.68. The van der Waals surface area contributed by atoms with Crippen molar-refractivity contribution in [3.63, 3.8) is 0 Å². The molecule has 2 aromatic carbocycles. The lowest BCUT2D eigenvalue weighted by molar-refractivity contribution is 0.318. The Morgan fingerprint density at radius 1 is 0.875 bits per heavy atom. The highest BCUT2D eigenvalue weighted by molar-refractivity contribution is 6.04. The lowest BCUT2D eigenvalue weighted by Crippen LogP contribution is -1.62. The molecule has 2 nitrogen and oxygen atoms in total. The number of fused-ring (bicyclic) bond motifs is 3. The molecule has 0 saturated carbocycles. The van der Waals surface area contributed by atoms with Crippen LogP contribution in [0.3, 0.4) is 0 Å². The molecule has 0 atom stereocenters. The zero-order valence-electron chi connectivity index (χ0n) is 9.18. The molecule has 0 spiro atoms. The van der Waals surface area contributed by atoms with E-state index >= 15 is 0 Å². The highest BCUT2D eigenvalue weighted by Crippen LogP contribution is 2.27. The Morgan fingerprint density at radius 2 is 1.25 bits per heavy atom. The topological polar surface area (TPSA) is 33.4 Å². The zero-order chi connectivity index (χ0) is 11.4. The largest absolute Gasteiger partial charge is 0.456 e. The molecule has 0 unspecified atom stereocenters. The standard InChI is InChI=1S/C12H8O.C2H6O/c1-3-7-11-9(5-1)10-6-2-4-8-12(10)13-11;1-2-3/h1-8H;3H,2H2,1H3. The van der Waals surface area contributed by atoms with E-state index in [9.17, 15) is 0 Å². The molecule has 0 aliphatic carbocycles. The van der Waals surface area contributed by atoms with E-state index in [1.165, 1.54) is 10.8 Å². The van der Waals surface area contributed by atoms with Crippen molar-refractivity contribution in [1.29, 1.82) is 0 Å². The number of aliphatic hydroxyl groups is 1. The van der Waals surface area contributed by atoms with Gasteiger partial charge in [-0.2, -0.15) is 0 Å². The molecule has 1 heterocycles. The maximum atomic E-state index is 7.57. The van der Waals surface area contributed by atoms with Crippen LogP contribution >= 0.6 is 0 Å². The third-order valence-electron chi connectivity index (χ3n) is 2.28. The second kappa shape index (κ2) is 4.81. The van der Waals surface area contributed by atoms with Gasteiger partial charge in [0.1, 0.15) is 11.2 Å². The van der Waals surface area contributed by atoms with Gasteiger partial charge >= 0.3 is 0 Å². The number of aliphatic hydroxyl groups excluding tert-OH is 1. The van der Waals surface area contributed by atoms with E-state index in [2.05, 4.69) is 12.1 Å². The molecule has 82 valence electrons. The predicted molar refractivity (Wildman–Crippen MR) is 66.5 cm³/mol. The van der Waals surface area contributed by atoms with Crippen molar-refractivity contribution in [2.24, 2.45) is 0 Å². The third kappa shape index (κ3) is 1.92. The second-order valence-corrected chi connectivity index (χ2v) is 3.41. The summed E-state index contributed by atoms with van der Waals surface area (Å²) in [6.45, 7) is 1.93. The second-order valence-electron chi connectivity index (χ2n) is 3.41. The van der Waals surface area contributed by atoms with Crippen LogP contribution in [0.4, 0.5) is 0 Å². The van der Waals surface area contributed by atoms with Gasteiger partial charge in [0.2, 0.25) is 0 Å². The molecule has 16 heavy (non-hydrogen) atoms. The van der Waals surface area contributed by atoms with Gasteiger partial charge < -0.3 is 9.52 Å². The monoisotopic (exact) mass is 214 g/mol. The fourth-order valence-corrected chi connectivity index (χ4v) is 1.67. The molecule has 3 aromatic rings. The Hall–Kier alpha value is -1.80. The van der Waals surface area contributed by atoms with E-state index in [-0.39, 0.29) is 6.61 Å². The average molecular weight is 214 g/mol. The van der Waals surface area contributed by atoms with E-state index in [4.69, 9.17) is 9.52 Å². The summed E-state index contributed by atoms with van der Waals surface area (Å²) in [5, 5.41) is 9.95. The molecular weight excluding hydrogens is 200 g/mol. The number of rotatable bonds is 0. The Kier molecular flexibility index (Phi) is 3.22. The van der Waals surface area contributed by atoms with Gasteiger partial charge in [0.05, 0.1) is 0 Å². The molecule has 2 heteroatoms. The van der Waals surface area contributed by atoms with Crippen LogP contribution in [-0.2, 0) is 0 Å². The summed E-state index contributed by atoms with van der Waals surface area (Å²) >= 11 is 0. The van der Waals surface area contributed by atoms with Crippen molar-refractivity contribution in [3.8, 4) is 0 Å². The normalized spacial score (nSPS) is 10.1. The summed E-state index contributed by atoms with van der Waals surface area (Å²) < 4.78 is 5.65. The predicted octanol–water partition coefficient (Wildman–Crippen LogP) is 3.58. The molecule has 0 aliphatic heterocycles. The first-order chi connectivity index (χ1) is 7.86. The summed E-state index contributed by atoms with van der Waals surface area (Å²) in [6, 6.07) is 16.2. The van der Waals surface area contributed by atoms with Crippen LogP contribution in [0.25, 0.3) is 21.9 Å². The Balaban J connectivity index is 0.000000292. The van der Waals surface area contributed by atoms with Crippen LogP contribution in [0.5, 0.6) is 0 Å². The minimum atomic E-state index is 0.250. The number of hydrogen-bond donors (Lipinski definition) is 1. The Bertz CT molecular complexity index is 531. The summed E-state index contributed by atoms with van der Waals surface area (Å²) in [7, 11) is 0. The molecule has 0 bridgehead atoms. The van der Waals surface area contributed by atoms with Crippen LogP contribution in [0.2, 0.25) is 0 Å². The van der Waals surface area contributed by atoms with Crippen LogP contribution in [0.1, 0.15) is 6.92 Å². The van der Waals surface area contributed by atoms with Crippen molar-refractivity contribution >= 4 is 21.9 Å². The van der Waals surface area contributed by atoms with Crippen LogP contribution in [0, 0.1) is 0 Å². The maximum Gasteiger partial charge on any atom is 0.135 e. The van der Waals surface area contributed by atoms with Crippen LogP contribution in [0.15, 0.2) is 52.9 Å². The minimum absolute atomic E-state index is 0.250. The Morgan fingerprint density at radius 3 is 1.69 bits per heavy atom. The maximum absolute atomic E-state index is 7.57. The first-order valence-corrected chi connectivity index (χ1v) is 5.34.